The van der Waals surface area contributed by atoms with Gasteiger partial charge in [-0.3, -0.25) is 0 Å². The van der Waals surface area contributed by atoms with Crippen LogP contribution in [0.5, 0.6) is 0 Å². The number of fused-ring (bicyclic) bond motifs is 1. The SMILES string of the molecule is CCNCc1cc(F)c(N2CCC3CCCCC32)c(F)c1. The Hall–Kier alpha value is -1.16. The molecule has 116 valence electrons. The van der Waals surface area contributed by atoms with Gasteiger partial charge < -0.3 is 10.2 Å². The largest absolute Gasteiger partial charge is 0.364 e. The topological polar surface area (TPSA) is 15.3 Å². The second-order valence-electron chi connectivity index (χ2n) is 6.28. The van der Waals surface area contributed by atoms with Crippen molar-refractivity contribution in [2.45, 2.75) is 51.6 Å². The number of benzene rings is 1. The molecule has 1 aliphatic heterocycles. The zero-order valence-electron chi connectivity index (χ0n) is 12.7. The van der Waals surface area contributed by atoms with Crippen LogP contribution >= 0.6 is 0 Å². The van der Waals surface area contributed by atoms with E-state index in [1.807, 2.05) is 11.8 Å². The molecule has 0 amide bonds. The maximum absolute atomic E-state index is 14.4. The van der Waals surface area contributed by atoms with Gasteiger partial charge in [-0.25, -0.2) is 8.78 Å². The third-order valence-corrected chi connectivity index (χ3v) is 4.95. The van der Waals surface area contributed by atoms with Crippen molar-refractivity contribution < 1.29 is 8.78 Å². The average molecular weight is 294 g/mol. The summed E-state index contributed by atoms with van der Waals surface area (Å²) in [6.45, 7) is 4.07. The number of anilines is 1. The van der Waals surface area contributed by atoms with Gasteiger partial charge in [-0.05, 0) is 49.4 Å². The Morgan fingerprint density at radius 2 is 1.86 bits per heavy atom. The van der Waals surface area contributed by atoms with Crippen LogP contribution in [-0.2, 0) is 6.54 Å². The minimum absolute atomic E-state index is 0.199. The van der Waals surface area contributed by atoms with Crippen molar-refractivity contribution in [3.8, 4) is 0 Å². The van der Waals surface area contributed by atoms with Gasteiger partial charge >= 0.3 is 0 Å². The fourth-order valence-electron chi connectivity index (χ4n) is 3.95. The highest BCUT2D eigenvalue weighted by Gasteiger charge is 2.37. The van der Waals surface area contributed by atoms with Crippen molar-refractivity contribution >= 4 is 5.69 Å². The van der Waals surface area contributed by atoms with Gasteiger partial charge in [0.1, 0.15) is 17.3 Å². The Kier molecular flexibility index (Phi) is 4.43. The van der Waals surface area contributed by atoms with Gasteiger partial charge in [0.25, 0.3) is 0 Å². The van der Waals surface area contributed by atoms with Gasteiger partial charge in [-0.2, -0.15) is 0 Å². The van der Waals surface area contributed by atoms with Crippen molar-refractivity contribution in [1.29, 1.82) is 0 Å². The molecule has 4 heteroatoms. The molecule has 2 aliphatic rings. The second-order valence-corrected chi connectivity index (χ2v) is 6.28. The molecule has 1 N–H and O–H groups in total. The van der Waals surface area contributed by atoms with E-state index in [1.165, 1.54) is 31.4 Å². The number of nitrogens with one attached hydrogen (secondary N) is 1. The standard InChI is InChI=1S/C17H24F2N2/c1-2-20-11-12-9-14(18)17(15(19)10-12)21-8-7-13-5-3-4-6-16(13)21/h9-10,13,16,20H,2-8,11H2,1H3. The zero-order chi connectivity index (χ0) is 14.8. The summed E-state index contributed by atoms with van der Waals surface area (Å²) in [6, 6.07) is 3.30. The van der Waals surface area contributed by atoms with Crippen molar-refractivity contribution in [3.63, 3.8) is 0 Å². The number of hydrogen-bond acceptors (Lipinski definition) is 2. The minimum Gasteiger partial charge on any atom is -0.364 e. The van der Waals surface area contributed by atoms with Gasteiger partial charge in [0, 0.05) is 19.1 Å². The molecule has 2 unspecified atom stereocenters. The summed E-state index contributed by atoms with van der Waals surface area (Å²) in [7, 11) is 0. The van der Waals surface area contributed by atoms with Crippen LogP contribution in [-0.4, -0.2) is 19.1 Å². The lowest BCUT2D eigenvalue weighted by atomic mass is 9.85. The van der Waals surface area contributed by atoms with Crippen LogP contribution in [0, 0.1) is 17.6 Å². The molecular formula is C17H24F2N2. The molecule has 21 heavy (non-hydrogen) atoms. The molecule has 3 rings (SSSR count). The first-order valence-electron chi connectivity index (χ1n) is 8.16. The van der Waals surface area contributed by atoms with Crippen LogP contribution in [0.4, 0.5) is 14.5 Å². The smallest absolute Gasteiger partial charge is 0.149 e. The summed E-state index contributed by atoms with van der Waals surface area (Å²) in [5.41, 5.74) is 0.875. The van der Waals surface area contributed by atoms with Crippen molar-refractivity contribution in [3.05, 3.63) is 29.3 Å². The molecule has 2 nitrogen and oxygen atoms in total. The van der Waals surface area contributed by atoms with Crippen molar-refractivity contribution in [2.24, 2.45) is 5.92 Å². The maximum atomic E-state index is 14.4. The predicted molar refractivity (Wildman–Crippen MR) is 81.4 cm³/mol. The summed E-state index contributed by atoms with van der Waals surface area (Å²) >= 11 is 0. The molecule has 2 fully saturated rings. The lowest BCUT2D eigenvalue weighted by Gasteiger charge is -2.33. The Bertz CT molecular complexity index is 481. The normalized spacial score (nSPS) is 25.2. The first-order valence-corrected chi connectivity index (χ1v) is 8.16. The highest BCUT2D eigenvalue weighted by atomic mass is 19.1. The van der Waals surface area contributed by atoms with Crippen molar-refractivity contribution in [2.75, 3.05) is 18.0 Å². The molecule has 1 aromatic carbocycles. The van der Waals surface area contributed by atoms with E-state index in [0.717, 1.165) is 25.9 Å². The van der Waals surface area contributed by atoms with Gasteiger partial charge in [0.05, 0.1) is 0 Å². The summed E-state index contributed by atoms with van der Waals surface area (Å²) in [5, 5.41) is 3.11. The molecule has 0 bridgehead atoms. The van der Waals surface area contributed by atoms with Crippen LogP contribution in [0.25, 0.3) is 0 Å². The fraction of sp³-hybridized carbons (Fsp3) is 0.647. The number of rotatable bonds is 4. The van der Waals surface area contributed by atoms with Crippen molar-refractivity contribution in [1.82, 2.24) is 5.32 Å². The highest BCUT2D eigenvalue weighted by Crippen LogP contribution is 2.40. The summed E-state index contributed by atoms with van der Waals surface area (Å²) < 4.78 is 28.9. The van der Waals surface area contributed by atoms with Gasteiger partial charge in [-0.15, -0.1) is 0 Å². The van der Waals surface area contributed by atoms with Crippen LogP contribution in [0.2, 0.25) is 0 Å². The quantitative estimate of drug-likeness (QED) is 0.907. The van der Waals surface area contributed by atoms with E-state index in [4.69, 9.17) is 0 Å². The monoisotopic (exact) mass is 294 g/mol. The summed E-state index contributed by atoms with van der Waals surface area (Å²) in [4.78, 5) is 1.99. The number of nitrogens with zero attached hydrogens (tertiary/aromatic N) is 1. The lowest BCUT2D eigenvalue weighted by molar-refractivity contribution is 0.340. The summed E-state index contributed by atoms with van der Waals surface area (Å²) in [5.74, 6) is -0.192. The third kappa shape index (κ3) is 2.91. The number of halogens is 2. The fourth-order valence-corrected chi connectivity index (χ4v) is 3.95. The molecule has 1 heterocycles. The van der Waals surface area contributed by atoms with E-state index in [9.17, 15) is 8.78 Å². The Morgan fingerprint density at radius 1 is 1.14 bits per heavy atom. The minimum atomic E-state index is -0.408. The lowest BCUT2D eigenvalue weighted by Crippen LogP contribution is -2.36. The van der Waals surface area contributed by atoms with E-state index in [2.05, 4.69) is 5.32 Å². The Balaban J connectivity index is 1.84. The maximum Gasteiger partial charge on any atom is 0.149 e. The Morgan fingerprint density at radius 3 is 2.57 bits per heavy atom. The van der Waals surface area contributed by atoms with E-state index < -0.39 is 11.6 Å². The third-order valence-electron chi connectivity index (χ3n) is 4.95. The molecule has 1 aliphatic carbocycles. The molecule has 2 atom stereocenters. The van der Waals surface area contributed by atoms with E-state index in [1.54, 1.807) is 0 Å². The van der Waals surface area contributed by atoms with Gasteiger partial charge in [0.15, 0.2) is 0 Å². The zero-order valence-corrected chi connectivity index (χ0v) is 12.7. The molecular weight excluding hydrogens is 270 g/mol. The molecule has 1 aromatic rings. The number of hydrogen-bond donors (Lipinski definition) is 1. The Labute approximate surface area is 125 Å². The first kappa shape index (κ1) is 14.8. The average Bonchev–Trinajstić information content (AvgIpc) is 2.89. The second kappa shape index (κ2) is 6.30. The van der Waals surface area contributed by atoms with Crippen LogP contribution in [0.3, 0.4) is 0 Å². The van der Waals surface area contributed by atoms with E-state index in [0.29, 0.717) is 24.1 Å². The van der Waals surface area contributed by atoms with Crippen LogP contribution < -0.4 is 10.2 Å². The van der Waals surface area contributed by atoms with Gasteiger partial charge in [0.2, 0.25) is 0 Å². The van der Waals surface area contributed by atoms with E-state index in [-0.39, 0.29) is 5.69 Å². The van der Waals surface area contributed by atoms with Crippen LogP contribution in [0.15, 0.2) is 12.1 Å². The molecule has 0 aromatic heterocycles. The highest BCUT2D eigenvalue weighted by molar-refractivity contribution is 5.53. The molecule has 1 saturated heterocycles. The first-order chi connectivity index (χ1) is 10.2. The van der Waals surface area contributed by atoms with Gasteiger partial charge in [-0.1, -0.05) is 19.8 Å². The molecule has 0 spiro atoms. The predicted octanol–water partition coefficient (Wildman–Crippen LogP) is 3.84. The molecule has 0 radical (unpaired) electrons. The van der Waals surface area contributed by atoms with E-state index >= 15 is 0 Å². The van der Waals surface area contributed by atoms with Crippen LogP contribution in [0.1, 0.15) is 44.6 Å². The summed E-state index contributed by atoms with van der Waals surface area (Å²) in [6.07, 6.45) is 5.80. The molecule has 1 saturated carbocycles.